The largest absolute Gasteiger partial charge is 0.497 e. The molecule has 0 aliphatic carbocycles. The van der Waals surface area contributed by atoms with Gasteiger partial charge < -0.3 is 9.64 Å². The highest BCUT2D eigenvalue weighted by atomic mass is 16.5. The molecule has 2 aromatic rings. The molecule has 1 saturated heterocycles. The summed E-state index contributed by atoms with van der Waals surface area (Å²) in [5.41, 5.74) is 2.43. The molecule has 1 heterocycles. The number of likely N-dealkylation sites (tertiary alicyclic amines) is 1. The fourth-order valence-electron chi connectivity index (χ4n) is 3.33. The number of piperidine rings is 1. The molecule has 4 heteroatoms. The number of rotatable bonds is 4. The highest BCUT2D eigenvalue weighted by Gasteiger charge is 2.29. The van der Waals surface area contributed by atoms with Crippen LogP contribution in [0.5, 0.6) is 5.75 Å². The van der Waals surface area contributed by atoms with E-state index in [2.05, 4.69) is 0 Å². The second kappa shape index (κ2) is 7.51. The van der Waals surface area contributed by atoms with Crippen LogP contribution < -0.4 is 4.74 Å². The van der Waals surface area contributed by atoms with E-state index in [1.807, 2.05) is 36.1 Å². The molecule has 0 aromatic heterocycles. The van der Waals surface area contributed by atoms with Gasteiger partial charge in [-0.1, -0.05) is 17.7 Å². The molecule has 0 saturated carbocycles. The van der Waals surface area contributed by atoms with Gasteiger partial charge in [0.25, 0.3) is 5.91 Å². The number of ether oxygens (including phenoxy) is 1. The highest BCUT2D eigenvalue weighted by Crippen LogP contribution is 2.23. The van der Waals surface area contributed by atoms with Crippen LogP contribution in [0.4, 0.5) is 0 Å². The predicted molar refractivity (Wildman–Crippen MR) is 97.1 cm³/mol. The van der Waals surface area contributed by atoms with E-state index < -0.39 is 0 Å². The van der Waals surface area contributed by atoms with Gasteiger partial charge in [-0.05, 0) is 56.2 Å². The molecule has 1 fully saturated rings. The Morgan fingerprint density at radius 2 is 1.84 bits per heavy atom. The van der Waals surface area contributed by atoms with Gasteiger partial charge in [0.15, 0.2) is 5.78 Å². The molecule has 0 bridgehead atoms. The molecule has 3 rings (SSSR count). The predicted octanol–water partition coefficient (Wildman–Crippen LogP) is 3.74. The molecule has 0 spiro atoms. The molecule has 25 heavy (non-hydrogen) atoms. The fourth-order valence-corrected chi connectivity index (χ4v) is 3.33. The molecule has 1 atom stereocenters. The molecule has 0 N–H and O–H groups in total. The minimum absolute atomic E-state index is 0.0101. The maximum atomic E-state index is 12.8. The number of nitrogens with zero attached hydrogens (tertiary/aromatic N) is 1. The molecule has 130 valence electrons. The Balaban J connectivity index is 1.71. The number of methoxy groups -OCH3 is 1. The Bertz CT molecular complexity index is 767. The summed E-state index contributed by atoms with van der Waals surface area (Å²) in [7, 11) is 1.60. The van der Waals surface area contributed by atoms with Crippen molar-refractivity contribution in [1.82, 2.24) is 4.90 Å². The summed E-state index contributed by atoms with van der Waals surface area (Å²) < 4.78 is 5.14. The smallest absolute Gasteiger partial charge is 0.253 e. The van der Waals surface area contributed by atoms with E-state index in [4.69, 9.17) is 4.74 Å². The second-order valence-electron chi connectivity index (χ2n) is 6.55. The lowest BCUT2D eigenvalue weighted by molar-refractivity contribution is 0.0637. The first-order valence-corrected chi connectivity index (χ1v) is 8.62. The van der Waals surface area contributed by atoms with Crippen LogP contribution in [0, 0.1) is 12.8 Å². The Kier molecular flexibility index (Phi) is 5.17. The first-order valence-electron chi connectivity index (χ1n) is 8.62. The summed E-state index contributed by atoms with van der Waals surface area (Å²) in [5, 5.41) is 0. The number of amides is 1. The second-order valence-corrected chi connectivity index (χ2v) is 6.55. The van der Waals surface area contributed by atoms with E-state index in [9.17, 15) is 9.59 Å². The standard InChI is InChI=1S/C21H23NO3/c1-15-5-3-6-17(13-15)21(24)22-12-4-7-18(14-22)20(23)16-8-10-19(25-2)11-9-16/h3,5-6,8-11,13,18H,4,7,12,14H2,1-2H3. The van der Waals surface area contributed by atoms with Crippen LogP contribution in [-0.2, 0) is 0 Å². The van der Waals surface area contributed by atoms with Crippen LogP contribution in [0.1, 0.15) is 39.1 Å². The number of Topliss-reactive ketones (excluding diaryl/α,β-unsaturated/α-hetero) is 1. The Morgan fingerprint density at radius 3 is 2.52 bits per heavy atom. The highest BCUT2D eigenvalue weighted by molar-refractivity contribution is 5.99. The van der Waals surface area contributed by atoms with Crippen molar-refractivity contribution >= 4 is 11.7 Å². The maximum absolute atomic E-state index is 12.8. The minimum atomic E-state index is -0.143. The van der Waals surface area contributed by atoms with E-state index in [0.717, 1.165) is 24.2 Å². The average Bonchev–Trinajstić information content (AvgIpc) is 2.67. The van der Waals surface area contributed by atoms with Crippen LogP contribution in [0.25, 0.3) is 0 Å². The molecular weight excluding hydrogens is 314 g/mol. The summed E-state index contributed by atoms with van der Waals surface area (Å²) in [6, 6.07) is 14.8. The number of carbonyl (C=O) groups is 2. The number of hydrogen-bond acceptors (Lipinski definition) is 3. The Morgan fingerprint density at radius 1 is 1.08 bits per heavy atom. The van der Waals surface area contributed by atoms with Gasteiger partial charge in [0.2, 0.25) is 0 Å². The zero-order chi connectivity index (χ0) is 17.8. The third-order valence-electron chi connectivity index (χ3n) is 4.72. The van der Waals surface area contributed by atoms with Gasteiger partial charge in [0.05, 0.1) is 7.11 Å². The van der Waals surface area contributed by atoms with Gasteiger partial charge in [-0.25, -0.2) is 0 Å². The van der Waals surface area contributed by atoms with Gasteiger partial charge >= 0.3 is 0 Å². The van der Waals surface area contributed by atoms with Gasteiger partial charge in [0.1, 0.15) is 5.75 Å². The van der Waals surface area contributed by atoms with Crippen molar-refractivity contribution in [2.45, 2.75) is 19.8 Å². The van der Waals surface area contributed by atoms with E-state index in [1.165, 1.54) is 0 Å². The Hall–Kier alpha value is -2.62. The number of aryl methyl sites for hydroxylation is 1. The van der Waals surface area contributed by atoms with Gasteiger partial charge in [0, 0.05) is 30.1 Å². The van der Waals surface area contributed by atoms with Gasteiger partial charge in [-0.3, -0.25) is 9.59 Å². The van der Waals surface area contributed by atoms with Crippen molar-refractivity contribution in [3.8, 4) is 5.75 Å². The van der Waals surface area contributed by atoms with Crippen LogP contribution in [0.15, 0.2) is 48.5 Å². The van der Waals surface area contributed by atoms with Crippen LogP contribution in [-0.4, -0.2) is 36.8 Å². The number of benzene rings is 2. The van der Waals surface area contributed by atoms with Crippen molar-refractivity contribution in [2.75, 3.05) is 20.2 Å². The lowest BCUT2D eigenvalue weighted by Crippen LogP contribution is -2.42. The van der Waals surface area contributed by atoms with Crippen molar-refractivity contribution in [3.63, 3.8) is 0 Å². The topological polar surface area (TPSA) is 46.6 Å². The monoisotopic (exact) mass is 337 g/mol. The molecular formula is C21H23NO3. The quantitative estimate of drug-likeness (QED) is 0.799. The third kappa shape index (κ3) is 3.90. The van der Waals surface area contributed by atoms with Crippen LogP contribution in [0.3, 0.4) is 0 Å². The van der Waals surface area contributed by atoms with Crippen molar-refractivity contribution in [1.29, 1.82) is 0 Å². The number of ketones is 1. The van der Waals surface area contributed by atoms with Gasteiger partial charge in [-0.2, -0.15) is 0 Å². The molecule has 1 unspecified atom stereocenters. The van der Waals surface area contributed by atoms with E-state index in [-0.39, 0.29) is 17.6 Å². The summed E-state index contributed by atoms with van der Waals surface area (Å²) in [4.78, 5) is 27.3. The van der Waals surface area contributed by atoms with Gasteiger partial charge in [-0.15, -0.1) is 0 Å². The zero-order valence-electron chi connectivity index (χ0n) is 14.7. The third-order valence-corrected chi connectivity index (χ3v) is 4.72. The first-order chi connectivity index (χ1) is 12.1. The number of carbonyl (C=O) groups excluding carboxylic acids is 2. The van der Waals surface area contributed by atoms with Crippen molar-refractivity contribution < 1.29 is 14.3 Å². The first kappa shape index (κ1) is 17.2. The van der Waals surface area contributed by atoms with Crippen LogP contribution in [0.2, 0.25) is 0 Å². The molecule has 1 amide bonds. The normalized spacial score (nSPS) is 17.2. The lowest BCUT2D eigenvalue weighted by Gasteiger charge is -2.32. The van der Waals surface area contributed by atoms with E-state index in [0.29, 0.717) is 24.2 Å². The summed E-state index contributed by atoms with van der Waals surface area (Å²) in [6.45, 7) is 3.17. The lowest BCUT2D eigenvalue weighted by atomic mass is 9.89. The summed E-state index contributed by atoms with van der Waals surface area (Å²) >= 11 is 0. The average molecular weight is 337 g/mol. The SMILES string of the molecule is COc1ccc(C(=O)C2CCCN(C(=O)c3cccc(C)c3)C2)cc1. The number of hydrogen-bond donors (Lipinski definition) is 0. The summed E-state index contributed by atoms with van der Waals surface area (Å²) in [6.07, 6.45) is 1.67. The van der Waals surface area contributed by atoms with E-state index in [1.54, 1.807) is 31.4 Å². The summed E-state index contributed by atoms with van der Waals surface area (Å²) in [5.74, 6) is 0.702. The minimum Gasteiger partial charge on any atom is -0.497 e. The molecule has 4 nitrogen and oxygen atoms in total. The molecule has 1 aliphatic rings. The van der Waals surface area contributed by atoms with E-state index >= 15 is 0 Å². The molecule has 0 radical (unpaired) electrons. The van der Waals surface area contributed by atoms with Crippen LogP contribution >= 0.6 is 0 Å². The fraction of sp³-hybridized carbons (Fsp3) is 0.333. The zero-order valence-corrected chi connectivity index (χ0v) is 14.7. The Labute approximate surface area is 148 Å². The molecule has 2 aromatic carbocycles. The molecule has 1 aliphatic heterocycles. The van der Waals surface area contributed by atoms with Crippen molar-refractivity contribution in [3.05, 3.63) is 65.2 Å². The maximum Gasteiger partial charge on any atom is 0.253 e. The van der Waals surface area contributed by atoms with Crippen molar-refractivity contribution in [2.24, 2.45) is 5.92 Å².